The topological polar surface area (TPSA) is 160 Å². The maximum Gasteiger partial charge on any atom is 0.251 e. The lowest BCUT2D eigenvalue weighted by molar-refractivity contribution is -0.137. The van der Waals surface area contributed by atoms with Crippen LogP contribution in [0.3, 0.4) is 0 Å². The Bertz CT molecular complexity index is 1540. The molecule has 0 aliphatic carbocycles. The van der Waals surface area contributed by atoms with Crippen LogP contribution in [0.2, 0.25) is 5.02 Å². The molecule has 1 aliphatic heterocycles. The fourth-order valence-electron chi connectivity index (χ4n) is 3.79. The van der Waals surface area contributed by atoms with E-state index in [0.717, 1.165) is 4.47 Å². The van der Waals surface area contributed by atoms with E-state index in [1.54, 1.807) is 23.6 Å². The smallest absolute Gasteiger partial charge is 0.251 e. The number of fused-ring (bicyclic) bond motifs is 1. The Kier molecular flexibility index (Phi) is 5.82. The molecule has 12 nitrogen and oxygen atoms in total. The summed E-state index contributed by atoms with van der Waals surface area (Å²) in [6, 6.07) is 5.25. The molecular formula is C22H20BrClN8O4. The monoisotopic (exact) mass is 577 g/mol. The number of halogens is 2. The van der Waals surface area contributed by atoms with Crippen molar-refractivity contribution in [3.05, 3.63) is 58.3 Å². The van der Waals surface area contributed by atoms with Crippen molar-refractivity contribution in [2.75, 3.05) is 12.3 Å². The Morgan fingerprint density at radius 3 is 2.92 bits per heavy atom. The highest BCUT2D eigenvalue weighted by Gasteiger charge is 2.47. The number of hydrogen-bond acceptors (Lipinski definition) is 10. The van der Waals surface area contributed by atoms with Gasteiger partial charge in [-0.3, -0.25) is 19.3 Å². The van der Waals surface area contributed by atoms with Gasteiger partial charge in [0.05, 0.1) is 23.6 Å². The molecule has 1 amide bonds. The number of imidazole rings is 1. The summed E-state index contributed by atoms with van der Waals surface area (Å²) >= 11 is 9.54. The molecule has 14 heteroatoms. The molecule has 0 radical (unpaired) electrons. The van der Waals surface area contributed by atoms with E-state index < -0.39 is 37.4 Å². The van der Waals surface area contributed by atoms with Gasteiger partial charge in [0, 0.05) is 39.7 Å². The van der Waals surface area contributed by atoms with Crippen LogP contribution in [0, 0.1) is 0 Å². The first-order valence-electron chi connectivity index (χ1n) is 12.0. The zero-order valence-corrected chi connectivity index (χ0v) is 20.6. The summed E-state index contributed by atoms with van der Waals surface area (Å²) in [5.74, 6) is -0.563. The summed E-state index contributed by atoms with van der Waals surface area (Å²) in [6.07, 6.45) is -0.354. The maximum absolute atomic E-state index is 12.4. The van der Waals surface area contributed by atoms with Crippen molar-refractivity contribution < 1.29 is 23.9 Å². The van der Waals surface area contributed by atoms with Gasteiger partial charge < -0.3 is 25.6 Å². The average molecular weight is 579 g/mol. The number of ether oxygens (including phenoxy) is 1. The second kappa shape index (κ2) is 10.0. The Labute approximate surface area is 222 Å². The molecular weight excluding hydrogens is 556 g/mol. The highest BCUT2D eigenvalue weighted by molar-refractivity contribution is 9.10. The summed E-state index contributed by atoms with van der Waals surface area (Å²) in [7, 11) is 0. The minimum atomic E-state index is -2.80. The number of aliphatic hydroxyl groups is 2. The third kappa shape index (κ3) is 4.63. The van der Waals surface area contributed by atoms with E-state index in [0.29, 0.717) is 27.6 Å². The fraction of sp³-hybridized carbons (Fsp3) is 0.273. The van der Waals surface area contributed by atoms with Crippen LogP contribution in [0.5, 0.6) is 0 Å². The van der Waals surface area contributed by atoms with Crippen LogP contribution >= 0.6 is 27.5 Å². The molecule has 36 heavy (non-hydrogen) atoms. The van der Waals surface area contributed by atoms with Gasteiger partial charge in [0.1, 0.15) is 12.2 Å². The standard InChI is InChI=1S/C22H20BrClN8O4/c1-25-21(35)17-15(33)16(34)22(36-17)32-9-29-14-19(28-8-13-5-11(23)2-3-27-13)30-18(31-20(14)32)10-4-12(24)7-26-6-10/h2-7,9,15-17,22,33-34H,8H2,1H3,(H,25,35)(H,28,30,31)/t15-,16+,17-,22+/m0/s1/i1D3. The first-order valence-corrected chi connectivity index (χ1v) is 11.7. The second-order valence-electron chi connectivity index (χ2n) is 7.85. The number of anilines is 1. The van der Waals surface area contributed by atoms with Crippen LogP contribution in [0.15, 0.2) is 47.6 Å². The Balaban J connectivity index is 1.54. The number of carbonyl (C=O) groups excluding carboxylic acids is 1. The minimum Gasteiger partial charge on any atom is -0.387 e. The molecule has 5 rings (SSSR count). The number of hydrogen-bond donors (Lipinski definition) is 4. The minimum absolute atomic E-state index is 0.192. The van der Waals surface area contributed by atoms with Gasteiger partial charge in [-0.25, -0.2) is 15.0 Å². The molecule has 186 valence electrons. The van der Waals surface area contributed by atoms with Crippen molar-refractivity contribution in [3.63, 3.8) is 0 Å². The third-order valence-corrected chi connectivity index (χ3v) is 6.19. The zero-order valence-electron chi connectivity index (χ0n) is 21.2. The van der Waals surface area contributed by atoms with E-state index in [-0.39, 0.29) is 18.0 Å². The molecule has 0 unspecified atom stereocenters. The van der Waals surface area contributed by atoms with E-state index in [4.69, 9.17) is 20.5 Å². The van der Waals surface area contributed by atoms with Crippen molar-refractivity contribution in [3.8, 4) is 11.4 Å². The maximum atomic E-state index is 12.4. The van der Waals surface area contributed by atoms with Crippen molar-refractivity contribution in [1.82, 2.24) is 34.8 Å². The van der Waals surface area contributed by atoms with Gasteiger partial charge in [-0.15, -0.1) is 0 Å². The summed E-state index contributed by atoms with van der Waals surface area (Å²) in [4.78, 5) is 34.3. The lowest BCUT2D eigenvalue weighted by atomic mass is 10.1. The van der Waals surface area contributed by atoms with Crippen molar-refractivity contribution >= 4 is 50.4 Å². The number of rotatable bonds is 6. The van der Waals surface area contributed by atoms with Gasteiger partial charge in [-0.05, 0) is 18.2 Å². The van der Waals surface area contributed by atoms with Gasteiger partial charge >= 0.3 is 0 Å². The highest BCUT2D eigenvalue weighted by atomic mass is 79.9. The average Bonchev–Trinajstić information content (AvgIpc) is 3.42. The molecule has 4 aromatic rings. The fourth-order valence-corrected chi connectivity index (χ4v) is 4.34. The van der Waals surface area contributed by atoms with Gasteiger partial charge in [0.25, 0.3) is 5.91 Å². The van der Waals surface area contributed by atoms with Gasteiger partial charge in [-0.1, -0.05) is 27.5 Å². The largest absolute Gasteiger partial charge is 0.387 e. The van der Waals surface area contributed by atoms with Crippen LogP contribution in [0.1, 0.15) is 16.0 Å². The summed E-state index contributed by atoms with van der Waals surface area (Å²) in [5.41, 5.74) is 1.69. The number of nitrogens with one attached hydrogen (secondary N) is 2. The molecule has 0 bridgehead atoms. The number of likely N-dealkylation sites (N-methyl/N-ethyl adjacent to an activating group) is 1. The molecule has 0 spiro atoms. The van der Waals surface area contributed by atoms with Crippen molar-refractivity contribution in [2.24, 2.45) is 0 Å². The Hall–Kier alpha value is -3.23. The lowest BCUT2D eigenvalue weighted by Gasteiger charge is -2.17. The molecule has 4 N–H and O–H groups in total. The van der Waals surface area contributed by atoms with E-state index in [2.05, 4.69) is 46.2 Å². The lowest BCUT2D eigenvalue weighted by Crippen LogP contribution is -2.41. The molecule has 0 saturated carbocycles. The van der Waals surface area contributed by atoms with Gasteiger partial charge in [0.2, 0.25) is 0 Å². The molecule has 5 heterocycles. The van der Waals surface area contributed by atoms with E-state index in [1.165, 1.54) is 23.3 Å². The molecule has 0 aromatic carbocycles. The van der Waals surface area contributed by atoms with Crippen molar-refractivity contribution in [1.29, 1.82) is 0 Å². The molecule has 1 saturated heterocycles. The molecule has 1 aliphatic rings. The van der Waals surface area contributed by atoms with Crippen LogP contribution in [0.25, 0.3) is 22.6 Å². The number of carbonyl (C=O) groups is 1. The Morgan fingerprint density at radius 2 is 2.14 bits per heavy atom. The number of aromatic nitrogens is 6. The first-order chi connectivity index (χ1) is 18.5. The SMILES string of the molecule is [2H]C([2H])([2H])NC(=O)[C@H]1O[C@@H](n2cnc3c(NCc4cc(Br)ccn4)nc(-c4cncc(Cl)c4)nc32)[C@H](O)[C@@H]1O. The van der Waals surface area contributed by atoms with Crippen LogP contribution in [-0.2, 0) is 16.1 Å². The summed E-state index contributed by atoms with van der Waals surface area (Å²) in [5, 5.41) is 26.5. The number of amides is 1. The van der Waals surface area contributed by atoms with Gasteiger partial charge in [0.15, 0.2) is 35.1 Å². The summed E-state index contributed by atoms with van der Waals surface area (Å²) < 4.78 is 29.5. The number of nitrogens with zero attached hydrogens (tertiary/aromatic N) is 6. The first kappa shape index (κ1) is 20.9. The third-order valence-electron chi connectivity index (χ3n) is 5.49. The number of aliphatic hydroxyl groups excluding tert-OH is 2. The Morgan fingerprint density at radius 1 is 1.28 bits per heavy atom. The van der Waals surface area contributed by atoms with Crippen LogP contribution in [-0.4, -0.2) is 70.9 Å². The molecule has 4 aromatic heterocycles. The second-order valence-corrected chi connectivity index (χ2v) is 9.20. The van der Waals surface area contributed by atoms with E-state index in [9.17, 15) is 15.0 Å². The number of pyridine rings is 2. The van der Waals surface area contributed by atoms with Crippen LogP contribution < -0.4 is 10.6 Å². The van der Waals surface area contributed by atoms with E-state index >= 15 is 0 Å². The quantitative estimate of drug-likeness (QED) is 0.265. The molecule has 1 fully saturated rings. The predicted molar refractivity (Wildman–Crippen MR) is 133 cm³/mol. The normalized spacial score (nSPS) is 23.2. The molecule has 4 atom stereocenters. The summed E-state index contributed by atoms with van der Waals surface area (Å²) in [6.45, 7) is -2.52. The zero-order chi connectivity index (χ0) is 27.9. The predicted octanol–water partition coefficient (Wildman–Crippen LogP) is 1.68. The van der Waals surface area contributed by atoms with Crippen molar-refractivity contribution in [2.45, 2.75) is 31.1 Å². The van der Waals surface area contributed by atoms with E-state index in [1.807, 2.05) is 6.07 Å². The highest BCUT2D eigenvalue weighted by Crippen LogP contribution is 2.34. The van der Waals surface area contributed by atoms with Gasteiger partial charge in [-0.2, -0.15) is 0 Å². The van der Waals surface area contributed by atoms with Crippen LogP contribution in [0.4, 0.5) is 5.82 Å².